The van der Waals surface area contributed by atoms with Crippen molar-refractivity contribution >= 4 is 23.8 Å². The fourth-order valence-corrected chi connectivity index (χ4v) is 5.71. The average Bonchev–Trinajstić information content (AvgIpc) is 2.83. The van der Waals surface area contributed by atoms with E-state index in [4.69, 9.17) is 17.3 Å². The standard InChI is InChI=1S/C15H18BNO5S/c1-10-13-14(16)22-15(10,23(19,20)17(13)2)8-12(18)21-9-11-6-4-3-5-7-11/h3-7,10,13-14H,8-9H2,1-2H3/t10?,13-,14+,15-/m0/s1. The van der Waals surface area contributed by atoms with Crippen molar-refractivity contribution in [3.63, 3.8) is 0 Å². The van der Waals surface area contributed by atoms with E-state index in [1.807, 2.05) is 30.3 Å². The number of carbonyl (C=O) groups excluding carboxylic acids is 1. The third-order valence-electron chi connectivity index (χ3n) is 4.75. The number of carbonyl (C=O) groups is 1. The van der Waals surface area contributed by atoms with Crippen molar-refractivity contribution in [2.24, 2.45) is 5.92 Å². The molecule has 6 nitrogen and oxygen atoms in total. The molecule has 8 heteroatoms. The van der Waals surface area contributed by atoms with Gasteiger partial charge in [-0.15, -0.1) is 0 Å². The summed E-state index contributed by atoms with van der Waals surface area (Å²) in [5.74, 6) is -1.02. The van der Waals surface area contributed by atoms with Crippen molar-refractivity contribution in [2.75, 3.05) is 7.05 Å². The van der Waals surface area contributed by atoms with Crippen LogP contribution in [0.25, 0.3) is 0 Å². The van der Waals surface area contributed by atoms with Gasteiger partial charge in [-0.2, -0.15) is 4.31 Å². The summed E-state index contributed by atoms with van der Waals surface area (Å²) in [4.78, 5) is 10.6. The average molecular weight is 335 g/mol. The maximum absolute atomic E-state index is 12.6. The molecular weight excluding hydrogens is 317 g/mol. The first kappa shape index (κ1) is 16.5. The molecule has 1 aromatic carbocycles. The van der Waals surface area contributed by atoms with Crippen LogP contribution in [0.2, 0.25) is 0 Å². The summed E-state index contributed by atoms with van der Waals surface area (Å²) in [6, 6.07) is 8.00. The van der Waals surface area contributed by atoms with Crippen LogP contribution in [0.4, 0.5) is 0 Å². The van der Waals surface area contributed by atoms with Crippen molar-refractivity contribution < 1.29 is 22.7 Å². The SMILES string of the molecule is [B][C@@H]1O[C@]2(CC(=O)OCc3ccccc3)C(C)[C@@H]1N(C)S2(=O)=O. The molecular formula is C15H18BNO5S. The number of ether oxygens (including phenoxy) is 2. The normalized spacial score (nSPS) is 35.3. The summed E-state index contributed by atoms with van der Waals surface area (Å²) in [6.45, 7) is 1.83. The number of hydrogen-bond acceptors (Lipinski definition) is 5. The maximum Gasteiger partial charge on any atom is 0.310 e. The number of likely N-dealkylation sites (N-methyl/N-ethyl adjacent to an activating group) is 1. The second-order valence-electron chi connectivity index (χ2n) is 6.02. The van der Waals surface area contributed by atoms with Gasteiger partial charge in [-0.25, -0.2) is 8.42 Å². The van der Waals surface area contributed by atoms with Gasteiger partial charge < -0.3 is 9.47 Å². The Morgan fingerprint density at radius 3 is 2.65 bits per heavy atom. The Labute approximate surface area is 137 Å². The predicted molar refractivity (Wildman–Crippen MR) is 83.8 cm³/mol. The van der Waals surface area contributed by atoms with Crippen LogP contribution in [0, 0.1) is 5.92 Å². The number of esters is 1. The predicted octanol–water partition coefficient (Wildman–Crippen LogP) is 0.621. The minimum Gasteiger partial charge on any atom is -0.461 e. The summed E-state index contributed by atoms with van der Waals surface area (Å²) < 4.78 is 37.1. The third-order valence-corrected chi connectivity index (χ3v) is 7.23. The summed E-state index contributed by atoms with van der Waals surface area (Å²) in [6.07, 6.45) is -0.363. The molecule has 1 aromatic rings. The molecule has 2 aliphatic heterocycles. The van der Waals surface area contributed by atoms with Crippen LogP contribution in [-0.2, 0) is 30.9 Å². The molecule has 0 aromatic heterocycles. The van der Waals surface area contributed by atoms with E-state index in [0.29, 0.717) is 0 Å². The number of nitrogens with zero attached hydrogens (tertiary/aromatic N) is 1. The molecule has 0 spiro atoms. The molecule has 2 aliphatic rings. The van der Waals surface area contributed by atoms with Crippen molar-refractivity contribution in [1.82, 2.24) is 4.31 Å². The van der Waals surface area contributed by atoms with Gasteiger partial charge in [0.2, 0.25) is 10.0 Å². The molecule has 1 unspecified atom stereocenters. The van der Waals surface area contributed by atoms with E-state index in [2.05, 4.69) is 0 Å². The van der Waals surface area contributed by atoms with E-state index in [-0.39, 0.29) is 13.0 Å². The number of fused-ring (bicyclic) bond motifs is 2. The summed E-state index contributed by atoms with van der Waals surface area (Å²) >= 11 is 0. The molecule has 0 N–H and O–H groups in total. The van der Waals surface area contributed by atoms with E-state index in [1.54, 1.807) is 6.92 Å². The van der Waals surface area contributed by atoms with Gasteiger partial charge in [0.25, 0.3) is 0 Å². The van der Waals surface area contributed by atoms with Crippen LogP contribution in [0.15, 0.2) is 30.3 Å². The van der Waals surface area contributed by atoms with Crippen LogP contribution in [-0.4, -0.2) is 50.6 Å². The van der Waals surface area contributed by atoms with E-state index in [0.717, 1.165) is 5.56 Å². The fourth-order valence-electron chi connectivity index (χ4n) is 3.46. The van der Waals surface area contributed by atoms with Gasteiger partial charge in [-0.1, -0.05) is 37.3 Å². The highest BCUT2D eigenvalue weighted by atomic mass is 32.2. The molecule has 4 atom stereocenters. The molecule has 2 saturated heterocycles. The second-order valence-corrected chi connectivity index (χ2v) is 8.24. The molecule has 0 saturated carbocycles. The van der Waals surface area contributed by atoms with Gasteiger partial charge in [0.05, 0.1) is 6.42 Å². The highest BCUT2D eigenvalue weighted by molar-refractivity contribution is 7.90. The minimum atomic E-state index is -3.76. The lowest BCUT2D eigenvalue weighted by atomic mass is 9.86. The number of benzene rings is 1. The first-order valence-electron chi connectivity index (χ1n) is 7.40. The van der Waals surface area contributed by atoms with Gasteiger partial charge in [0, 0.05) is 25.0 Å². The van der Waals surface area contributed by atoms with Gasteiger partial charge in [-0.3, -0.25) is 4.79 Å². The van der Waals surface area contributed by atoms with Gasteiger partial charge in [0.1, 0.15) is 14.5 Å². The monoisotopic (exact) mass is 335 g/mol. The molecule has 0 aliphatic carbocycles. The molecule has 2 fully saturated rings. The highest BCUT2D eigenvalue weighted by Crippen LogP contribution is 2.52. The molecule has 3 rings (SSSR count). The van der Waals surface area contributed by atoms with Gasteiger partial charge in [-0.05, 0) is 5.56 Å². The highest BCUT2D eigenvalue weighted by Gasteiger charge is 2.69. The first-order valence-corrected chi connectivity index (χ1v) is 8.84. The van der Waals surface area contributed by atoms with Gasteiger partial charge >= 0.3 is 5.97 Å². The first-order chi connectivity index (χ1) is 10.8. The lowest BCUT2D eigenvalue weighted by molar-refractivity contribution is -0.149. The topological polar surface area (TPSA) is 72.9 Å². The fraction of sp³-hybridized carbons (Fsp3) is 0.533. The Hall–Kier alpha value is -1.38. The number of sulfonamides is 1. The summed E-state index contributed by atoms with van der Waals surface area (Å²) in [5.41, 5.74) is 0.833. The molecule has 2 radical (unpaired) electrons. The maximum atomic E-state index is 12.6. The van der Waals surface area contributed by atoms with E-state index in [1.165, 1.54) is 11.4 Å². The van der Waals surface area contributed by atoms with Crippen LogP contribution in [0.5, 0.6) is 0 Å². The lowest BCUT2D eigenvalue weighted by Crippen LogP contribution is -2.51. The van der Waals surface area contributed by atoms with E-state index in [9.17, 15) is 13.2 Å². The van der Waals surface area contributed by atoms with Crippen LogP contribution in [0.3, 0.4) is 0 Å². The molecule has 2 heterocycles. The number of rotatable bonds is 4. The van der Waals surface area contributed by atoms with Crippen molar-refractivity contribution in [1.29, 1.82) is 0 Å². The number of hydrogen-bond donors (Lipinski definition) is 0. The van der Waals surface area contributed by atoms with Crippen LogP contribution < -0.4 is 0 Å². The molecule has 122 valence electrons. The Kier molecular flexibility index (Phi) is 4.02. The zero-order chi connectivity index (χ0) is 16.8. The minimum absolute atomic E-state index is 0.0928. The van der Waals surface area contributed by atoms with Crippen LogP contribution >= 0.6 is 0 Å². The van der Waals surface area contributed by atoms with Crippen molar-refractivity contribution in [3.05, 3.63) is 35.9 Å². The van der Waals surface area contributed by atoms with E-state index < -0.39 is 38.9 Å². The van der Waals surface area contributed by atoms with Crippen molar-refractivity contribution in [2.45, 2.75) is 36.9 Å². The molecule has 0 amide bonds. The Bertz CT molecular complexity index is 710. The Balaban J connectivity index is 1.74. The van der Waals surface area contributed by atoms with Crippen molar-refractivity contribution in [3.8, 4) is 0 Å². The zero-order valence-electron chi connectivity index (χ0n) is 13.0. The third kappa shape index (κ3) is 2.40. The summed E-state index contributed by atoms with van der Waals surface area (Å²) in [7, 11) is 3.58. The zero-order valence-corrected chi connectivity index (χ0v) is 13.8. The Morgan fingerprint density at radius 2 is 2.04 bits per heavy atom. The molecule has 23 heavy (non-hydrogen) atoms. The van der Waals surface area contributed by atoms with E-state index >= 15 is 0 Å². The molecule has 2 bridgehead atoms. The smallest absolute Gasteiger partial charge is 0.310 e. The second kappa shape index (κ2) is 5.61. The van der Waals surface area contributed by atoms with Gasteiger partial charge in [0.15, 0.2) is 4.93 Å². The largest absolute Gasteiger partial charge is 0.461 e. The summed E-state index contributed by atoms with van der Waals surface area (Å²) in [5, 5.41) is 0. The Morgan fingerprint density at radius 1 is 1.39 bits per heavy atom. The van der Waals surface area contributed by atoms with Crippen LogP contribution in [0.1, 0.15) is 18.9 Å². The quantitative estimate of drug-likeness (QED) is 0.596. The lowest BCUT2D eigenvalue weighted by Gasteiger charge is -2.33.